The molecule has 3 nitrogen and oxygen atoms in total. The molecule has 0 saturated heterocycles. The topological polar surface area (TPSA) is 53.4 Å². The lowest BCUT2D eigenvalue weighted by molar-refractivity contribution is 0.152. The molecule has 0 aliphatic rings. The molecule has 0 fully saturated rings. The first kappa shape index (κ1) is 13.3. The van der Waals surface area contributed by atoms with Gasteiger partial charge in [-0.05, 0) is 23.8 Å². The molecule has 2 aromatic carbocycles. The van der Waals surface area contributed by atoms with E-state index >= 15 is 0 Å². The quantitative estimate of drug-likeness (QED) is 0.693. The number of alkyl halides is 2. The Kier molecular flexibility index (Phi) is 3.17. The summed E-state index contributed by atoms with van der Waals surface area (Å²) in [5.74, 6) is -0.341. The van der Waals surface area contributed by atoms with Crippen molar-refractivity contribution in [1.82, 2.24) is 4.98 Å². The molecule has 21 heavy (non-hydrogen) atoms. The molecule has 2 N–H and O–H groups in total. The summed E-state index contributed by atoms with van der Waals surface area (Å²) in [6, 6.07) is 10.4. The number of benzene rings is 2. The van der Waals surface area contributed by atoms with E-state index in [1.807, 2.05) is 0 Å². The van der Waals surface area contributed by atoms with Crippen molar-refractivity contribution < 1.29 is 19.0 Å². The first-order valence-electron chi connectivity index (χ1n) is 6.26. The Morgan fingerprint density at radius 1 is 0.952 bits per heavy atom. The van der Waals surface area contributed by atoms with Crippen molar-refractivity contribution in [3.05, 3.63) is 54.2 Å². The molecule has 3 aromatic rings. The van der Waals surface area contributed by atoms with Gasteiger partial charge in [-0.2, -0.15) is 0 Å². The zero-order valence-corrected chi connectivity index (χ0v) is 10.8. The monoisotopic (exact) mass is 287 g/mol. The van der Waals surface area contributed by atoms with Gasteiger partial charge in [0.1, 0.15) is 17.0 Å². The van der Waals surface area contributed by atoms with Crippen molar-refractivity contribution in [3.63, 3.8) is 0 Å². The van der Waals surface area contributed by atoms with Gasteiger partial charge in [-0.15, -0.1) is 0 Å². The number of hydrogen-bond donors (Lipinski definition) is 2. The average Bonchev–Trinajstić information content (AvgIpc) is 2.51. The van der Waals surface area contributed by atoms with E-state index in [4.69, 9.17) is 0 Å². The summed E-state index contributed by atoms with van der Waals surface area (Å²) in [7, 11) is 0. The fraction of sp³-hybridized carbons (Fsp3) is 0.0625. The van der Waals surface area contributed by atoms with Crippen LogP contribution in [0.4, 0.5) is 8.78 Å². The van der Waals surface area contributed by atoms with Crippen LogP contribution >= 0.6 is 0 Å². The van der Waals surface area contributed by atoms with E-state index in [1.54, 1.807) is 18.2 Å². The maximum atomic E-state index is 13.1. The normalized spacial score (nSPS) is 11.2. The summed E-state index contributed by atoms with van der Waals surface area (Å²) in [6.07, 6.45) is -1.22. The molecular weight excluding hydrogens is 276 g/mol. The Hall–Kier alpha value is -2.69. The lowest BCUT2D eigenvalue weighted by Gasteiger charge is -2.13. The maximum Gasteiger partial charge on any atom is 0.264 e. The van der Waals surface area contributed by atoms with Gasteiger partial charge < -0.3 is 10.2 Å². The predicted octanol–water partition coefficient (Wildman–Crippen LogP) is 4.25. The van der Waals surface area contributed by atoms with Crippen LogP contribution in [-0.4, -0.2) is 15.2 Å². The smallest absolute Gasteiger partial charge is 0.264 e. The fourth-order valence-electron chi connectivity index (χ4n) is 2.35. The first-order chi connectivity index (χ1) is 10.1. The number of nitrogens with zero attached hydrogens (tertiary/aromatic N) is 1. The number of phenolic OH excluding ortho intramolecular Hbond substituents is 2. The minimum Gasteiger partial charge on any atom is -0.507 e. The van der Waals surface area contributed by atoms with Crippen molar-refractivity contribution in [2.24, 2.45) is 0 Å². The summed E-state index contributed by atoms with van der Waals surface area (Å²) in [5, 5.41) is 20.7. The average molecular weight is 287 g/mol. The molecule has 0 atom stereocenters. The molecule has 0 amide bonds. The molecule has 106 valence electrons. The second-order valence-electron chi connectivity index (χ2n) is 4.58. The fourth-order valence-corrected chi connectivity index (χ4v) is 2.35. The molecule has 0 aliphatic heterocycles. The van der Waals surface area contributed by atoms with Crippen molar-refractivity contribution in [3.8, 4) is 22.6 Å². The van der Waals surface area contributed by atoms with E-state index in [2.05, 4.69) is 4.98 Å². The van der Waals surface area contributed by atoms with E-state index in [1.165, 1.54) is 30.5 Å². The van der Waals surface area contributed by atoms with Crippen molar-refractivity contribution >= 4 is 10.9 Å². The predicted molar refractivity (Wildman–Crippen MR) is 75.5 cm³/mol. The minimum atomic E-state index is -2.68. The molecule has 0 unspecified atom stereocenters. The summed E-state index contributed by atoms with van der Waals surface area (Å²) in [5.41, 5.74) is 0.279. The first-order valence-corrected chi connectivity index (χ1v) is 6.26. The Balaban J connectivity index is 2.34. The molecule has 0 saturated carbocycles. The van der Waals surface area contributed by atoms with Gasteiger partial charge in [0.25, 0.3) is 6.43 Å². The molecule has 0 aliphatic carbocycles. The zero-order chi connectivity index (χ0) is 15.0. The number of pyridine rings is 1. The third-order valence-corrected chi connectivity index (χ3v) is 3.33. The molecule has 5 heteroatoms. The van der Waals surface area contributed by atoms with Crippen LogP contribution in [0.1, 0.15) is 12.0 Å². The molecular formula is C16H11F2NO2. The van der Waals surface area contributed by atoms with E-state index in [-0.39, 0.29) is 33.7 Å². The highest BCUT2D eigenvalue weighted by molar-refractivity contribution is 5.96. The van der Waals surface area contributed by atoms with Crippen LogP contribution in [0.3, 0.4) is 0 Å². The molecule has 3 rings (SSSR count). The van der Waals surface area contributed by atoms with Crippen molar-refractivity contribution in [1.29, 1.82) is 0 Å². The summed E-state index contributed by atoms with van der Waals surface area (Å²) in [4.78, 5) is 4.00. The van der Waals surface area contributed by atoms with Gasteiger partial charge in [0.2, 0.25) is 0 Å². The maximum absolute atomic E-state index is 13.1. The molecule has 0 spiro atoms. The zero-order valence-electron chi connectivity index (χ0n) is 10.8. The number of aromatic hydroxyl groups is 2. The summed E-state index contributed by atoms with van der Waals surface area (Å²) < 4.78 is 26.2. The van der Waals surface area contributed by atoms with E-state index in [0.717, 1.165) is 0 Å². The SMILES string of the molecule is Oc1cc(-c2ccccc2C(F)F)c(O)c2ncccc12. The van der Waals surface area contributed by atoms with Gasteiger partial charge in [-0.1, -0.05) is 24.3 Å². The van der Waals surface area contributed by atoms with Crippen LogP contribution in [-0.2, 0) is 0 Å². The Morgan fingerprint density at radius 3 is 2.48 bits per heavy atom. The number of halogens is 2. The molecule has 0 bridgehead atoms. The lowest BCUT2D eigenvalue weighted by Crippen LogP contribution is -1.91. The van der Waals surface area contributed by atoms with Crippen LogP contribution in [0.2, 0.25) is 0 Å². The van der Waals surface area contributed by atoms with Crippen LogP contribution in [0.25, 0.3) is 22.0 Å². The largest absolute Gasteiger partial charge is 0.507 e. The Morgan fingerprint density at radius 2 is 1.71 bits per heavy atom. The minimum absolute atomic E-state index is 0.116. The van der Waals surface area contributed by atoms with Gasteiger partial charge >= 0.3 is 0 Å². The number of fused-ring (bicyclic) bond motifs is 1. The Labute approximate surface area is 119 Å². The molecule has 0 radical (unpaired) electrons. The highest BCUT2D eigenvalue weighted by Gasteiger charge is 2.19. The van der Waals surface area contributed by atoms with E-state index in [0.29, 0.717) is 5.39 Å². The number of phenols is 2. The molecule has 1 aromatic heterocycles. The van der Waals surface area contributed by atoms with Gasteiger partial charge in [-0.25, -0.2) is 8.78 Å². The highest BCUT2D eigenvalue weighted by atomic mass is 19.3. The lowest BCUT2D eigenvalue weighted by atomic mass is 9.97. The molecule has 1 heterocycles. The highest BCUT2D eigenvalue weighted by Crippen LogP contribution is 2.42. The van der Waals surface area contributed by atoms with Gasteiger partial charge in [0.15, 0.2) is 0 Å². The van der Waals surface area contributed by atoms with E-state index < -0.39 is 6.43 Å². The van der Waals surface area contributed by atoms with E-state index in [9.17, 15) is 19.0 Å². The number of hydrogen-bond acceptors (Lipinski definition) is 3. The van der Waals surface area contributed by atoms with Crippen LogP contribution in [0.5, 0.6) is 11.5 Å². The van der Waals surface area contributed by atoms with Gasteiger partial charge in [0, 0.05) is 22.7 Å². The van der Waals surface area contributed by atoms with Crippen molar-refractivity contribution in [2.75, 3.05) is 0 Å². The van der Waals surface area contributed by atoms with Crippen LogP contribution < -0.4 is 0 Å². The van der Waals surface area contributed by atoms with Crippen LogP contribution in [0, 0.1) is 0 Å². The third kappa shape index (κ3) is 2.16. The van der Waals surface area contributed by atoms with Gasteiger partial charge in [-0.3, -0.25) is 4.98 Å². The standard InChI is InChI=1S/C16H11F2NO2/c17-16(18)10-5-2-1-4-9(10)12-8-13(20)11-6-3-7-19-14(11)15(12)21/h1-8,16,20-21H. The second-order valence-corrected chi connectivity index (χ2v) is 4.58. The number of rotatable bonds is 2. The third-order valence-electron chi connectivity index (χ3n) is 3.33. The second kappa shape index (κ2) is 5.01. The number of aromatic nitrogens is 1. The van der Waals surface area contributed by atoms with Crippen LogP contribution in [0.15, 0.2) is 48.7 Å². The van der Waals surface area contributed by atoms with Crippen molar-refractivity contribution in [2.45, 2.75) is 6.43 Å². The summed E-state index contributed by atoms with van der Waals surface area (Å²) >= 11 is 0. The summed E-state index contributed by atoms with van der Waals surface area (Å²) in [6.45, 7) is 0. The Bertz CT molecular complexity index is 818. The van der Waals surface area contributed by atoms with Gasteiger partial charge in [0.05, 0.1) is 0 Å².